The van der Waals surface area contributed by atoms with Crippen LogP contribution in [0.2, 0.25) is 0 Å². The summed E-state index contributed by atoms with van der Waals surface area (Å²) in [4.78, 5) is 22.4. The molecule has 0 heterocycles. The molecule has 2 atom stereocenters. The largest absolute Gasteiger partial charge is 0.481 e. The normalized spacial score (nSPS) is 23.6. The molecular formula is C13H23NO3. The molecule has 1 aliphatic carbocycles. The third-order valence-electron chi connectivity index (χ3n) is 3.55. The van der Waals surface area contributed by atoms with Gasteiger partial charge >= 0.3 is 5.97 Å². The molecule has 17 heavy (non-hydrogen) atoms. The highest BCUT2D eigenvalue weighted by Gasteiger charge is 2.32. The van der Waals surface area contributed by atoms with Crippen LogP contribution in [0.1, 0.15) is 51.9 Å². The maximum atomic E-state index is 11.5. The van der Waals surface area contributed by atoms with E-state index in [1.807, 2.05) is 0 Å². The van der Waals surface area contributed by atoms with Crippen molar-refractivity contribution < 1.29 is 14.7 Å². The summed E-state index contributed by atoms with van der Waals surface area (Å²) in [6.07, 6.45) is 6.32. The molecule has 4 heteroatoms. The molecule has 0 saturated heterocycles. The van der Waals surface area contributed by atoms with Gasteiger partial charge in [-0.3, -0.25) is 9.59 Å². The van der Waals surface area contributed by atoms with Crippen molar-refractivity contribution in [3.63, 3.8) is 0 Å². The number of unbranched alkanes of at least 4 members (excludes halogenated alkanes) is 2. The minimum atomic E-state index is -0.715. The van der Waals surface area contributed by atoms with Crippen molar-refractivity contribution in [3.05, 3.63) is 0 Å². The van der Waals surface area contributed by atoms with Crippen LogP contribution >= 0.6 is 0 Å². The van der Waals surface area contributed by atoms with Crippen molar-refractivity contribution in [2.45, 2.75) is 51.9 Å². The Labute approximate surface area is 103 Å². The number of hydrogen-bond acceptors (Lipinski definition) is 2. The van der Waals surface area contributed by atoms with E-state index in [1.54, 1.807) is 0 Å². The Morgan fingerprint density at radius 1 is 1.29 bits per heavy atom. The first-order valence-corrected chi connectivity index (χ1v) is 6.64. The number of carbonyl (C=O) groups is 2. The Morgan fingerprint density at radius 2 is 2.06 bits per heavy atom. The number of carbonyl (C=O) groups excluding carboxylic acids is 1. The minimum absolute atomic E-state index is 0.0643. The van der Waals surface area contributed by atoms with Gasteiger partial charge in [0, 0.05) is 13.0 Å². The molecule has 0 bridgehead atoms. The number of aliphatic carboxylic acids is 1. The van der Waals surface area contributed by atoms with Gasteiger partial charge in [0.2, 0.25) is 5.91 Å². The SMILES string of the molecule is CCCCCC(=O)NCC1CCCC1C(=O)O. The Balaban J connectivity index is 2.21. The lowest BCUT2D eigenvalue weighted by Gasteiger charge is -2.16. The van der Waals surface area contributed by atoms with E-state index in [1.165, 1.54) is 0 Å². The second-order valence-corrected chi connectivity index (χ2v) is 4.90. The molecule has 1 amide bonds. The molecular weight excluding hydrogens is 218 g/mol. The van der Waals surface area contributed by atoms with Crippen LogP contribution in [0.15, 0.2) is 0 Å². The molecule has 2 N–H and O–H groups in total. The summed E-state index contributed by atoms with van der Waals surface area (Å²) in [6.45, 7) is 2.63. The third kappa shape index (κ3) is 4.75. The lowest BCUT2D eigenvalue weighted by Crippen LogP contribution is -2.32. The van der Waals surface area contributed by atoms with Crippen LogP contribution < -0.4 is 5.32 Å². The van der Waals surface area contributed by atoms with Crippen LogP contribution in [0, 0.1) is 11.8 Å². The summed E-state index contributed by atoms with van der Waals surface area (Å²) in [6, 6.07) is 0. The maximum absolute atomic E-state index is 11.5. The summed E-state index contributed by atoms with van der Waals surface area (Å²) in [7, 11) is 0. The van der Waals surface area contributed by atoms with Crippen LogP contribution in [0.4, 0.5) is 0 Å². The van der Waals surface area contributed by atoms with E-state index in [2.05, 4.69) is 12.2 Å². The van der Waals surface area contributed by atoms with Crippen LogP contribution in [0.25, 0.3) is 0 Å². The van der Waals surface area contributed by atoms with Crippen molar-refractivity contribution in [1.29, 1.82) is 0 Å². The van der Waals surface area contributed by atoms with Gasteiger partial charge in [-0.2, -0.15) is 0 Å². The zero-order chi connectivity index (χ0) is 12.7. The number of amides is 1. The van der Waals surface area contributed by atoms with Gasteiger partial charge in [0.1, 0.15) is 0 Å². The summed E-state index contributed by atoms with van der Waals surface area (Å²) < 4.78 is 0. The Bertz CT molecular complexity index is 265. The van der Waals surface area contributed by atoms with Crippen molar-refractivity contribution in [2.24, 2.45) is 11.8 Å². The highest BCUT2D eigenvalue weighted by atomic mass is 16.4. The third-order valence-corrected chi connectivity index (χ3v) is 3.55. The molecule has 0 aromatic rings. The fourth-order valence-corrected chi connectivity index (χ4v) is 2.48. The monoisotopic (exact) mass is 241 g/mol. The Hall–Kier alpha value is -1.06. The molecule has 2 unspecified atom stereocenters. The lowest BCUT2D eigenvalue weighted by atomic mass is 9.96. The van der Waals surface area contributed by atoms with Crippen LogP contribution in [-0.4, -0.2) is 23.5 Å². The first-order chi connectivity index (χ1) is 8.15. The number of rotatable bonds is 7. The quantitative estimate of drug-likeness (QED) is 0.671. The van der Waals surface area contributed by atoms with Crippen molar-refractivity contribution in [1.82, 2.24) is 5.32 Å². The summed E-state index contributed by atoms with van der Waals surface area (Å²) in [5.41, 5.74) is 0. The predicted octanol–water partition coefficient (Wildman–Crippen LogP) is 2.18. The first kappa shape index (κ1) is 14.0. The maximum Gasteiger partial charge on any atom is 0.306 e. The van der Waals surface area contributed by atoms with Gasteiger partial charge in [0.25, 0.3) is 0 Å². The van der Waals surface area contributed by atoms with Crippen molar-refractivity contribution in [3.8, 4) is 0 Å². The fourth-order valence-electron chi connectivity index (χ4n) is 2.48. The van der Waals surface area contributed by atoms with E-state index < -0.39 is 5.97 Å². The summed E-state index contributed by atoms with van der Waals surface area (Å²) >= 11 is 0. The van der Waals surface area contributed by atoms with E-state index in [9.17, 15) is 9.59 Å². The number of carboxylic acids is 1. The number of hydrogen-bond donors (Lipinski definition) is 2. The fraction of sp³-hybridized carbons (Fsp3) is 0.846. The van der Waals surface area contributed by atoms with Gasteiger partial charge in [-0.15, -0.1) is 0 Å². The number of nitrogens with one attached hydrogen (secondary N) is 1. The average molecular weight is 241 g/mol. The molecule has 0 aromatic heterocycles. The molecule has 1 fully saturated rings. The Kier molecular flexibility index (Phi) is 6.01. The van der Waals surface area contributed by atoms with E-state index in [0.717, 1.165) is 38.5 Å². The second kappa shape index (κ2) is 7.30. The van der Waals surface area contributed by atoms with Crippen LogP contribution in [0.5, 0.6) is 0 Å². The molecule has 0 aromatic carbocycles. The molecule has 98 valence electrons. The second-order valence-electron chi connectivity index (χ2n) is 4.90. The van der Waals surface area contributed by atoms with Gasteiger partial charge in [-0.05, 0) is 25.2 Å². The molecule has 1 saturated carbocycles. The zero-order valence-corrected chi connectivity index (χ0v) is 10.6. The highest BCUT2D eigenvalue weighted by molar-refractivity contribution is 5.76. The van der Waals surface area contributed by atoms with E-state index in [0.29, 0.717) is 13.0 Å². The van der Waals surface area contributed by atoms with Crippen LogP contribution in [0.3, 0.4) is 0 Å². The zero-order valence-electron chi connectivity index (χ0n) is 10.6. The molecule has 0 spiro atoms. The molecule has 0 radical (unpaired) electrons. The van der Waals surface area contributed by atoms with E-state index in [4.69, 9.17) is 5.11 Å². The predicted molar refractivity (Wildman–Crippen MR) is 65.6 cm³/mol. The Morgan fingerprint density at radius 3 is 2.71 bits per heavy atom. The van der Waals surface area contributed by atoms with Crippen LogP contribution in [-0.2, 0) is 9.59 Å². The average Bonchev–Trinajstić information content (AvgIpc) is 2.75. The first-order valence-electron chi connectivity index (χ1n) is 6.64. The van der Waals surface area contributed by atoms with Gasteiger partial charge in [0.15, 0.2) is 0 Å². The minimum Gasteiger partial charge on any atom is -0.481 e. The van der Waals surface area contributed by atoms with Gasteiger partial charge < -0.3 is 10.4 Å². The smallest absolute Gasteiger partial charge is 0.306 e. The van der Waals surface area contributed by atoms with Crippen molar-refractivity contribution in [2.75, 3.05) is 6.54 Å². The summed E-state index contributed by atoms with van der Waals surface area (Å²) in [5.74, 6) is -0.782. The van der Waals surface area contributed by atoms with Gasteiger partial charge in [0.05, 0.1) is 5.92 Å². The molecule has 1 rings (SSSR count). The molecule has 1 aliphatic rings. The van der Waals surface area contributed by atoms with E-state index in [-0.39, 0.29) is 17.7 Å². The summed E-state index contributed by atoms with van der Waals surface area (Å²) in [5, 5.41) is 11.9. The molecule has 4 nitrogen and oxygen atoms in total. The topological polar surface area (TPSA) is 66.4 Å². The molecule has 0 aliphatic heterocycles. The standard InChI is InChI=1S/C13H23NO3/c1-2-3-4-8-12(15)14-9-10-6-5-7-11(10)13(16)17/h10-11H,2-9H2,1H3,(H,14,15)(H,16,17). The lowest BCUT2D eigenvalue weighted by molar-refractivity contribution is -0.143. The van der Waals surface area contributed by atoms with Crippen molar-refractivity contribution >= 4 is 11.9 Å². The highest BCUT2D eigenvalue weighted by Crippen LogP contribution is 2.31. The van der Waals surface area contributed by atoms with Gasteiger partial charge in [-0.25, -0.2) is 0 Å². The number of carboxylic acid groups (broad SMARTS) is 1. The van der Waals surface area contributed by atoms with Gasteiger partial charge in [-0.1, -0.05) is 26.2 Å². The van der Waals surface area contributed by atoms with E-state index >= 15 is 0 Å².